The molecule has 0 saturated carbocycles. The lowest BCUT2D eigenvalue weighted by Gasteiger charge is -2.01. The number of H-pyrrole nitrogens is 1. The Balaban J connectivity index is 1.81. The minimum Gasteiger partial charge on any atom is -0.295 e. The number of aromatic nitrogens is 3. The fraction of sp³-hybridized carbons (Fsp3) is 0.0952. The van der Waals surface area contributed by atoms with Crippen LogP contribution in [0.25, 0.3) is 27.6 Å². The summed E-state index contributed by atoms with van der Waals surface area (Å²) in [6.07, 6.45) is 1.62. The number of para-hydroxylation sites is 1. The van der Waals surface area contributed by atoms with Crippen LogP contribution < -0.4 is 5.56 Å². The fourth-order valence-electron chi connectivity index (χ4n) is 2.88. The van der Waals surface area contributed by atoms with Gasteiger partial charge in [-0.2, -0.15) is 5.26 Å². The number of aryl methyl sites for hydroxylation is 2. The van der Waals surface area contributed by atoms with Crippen molar-refractivity contribution in [3.63, 3.8) is 0 Å². The largest absolute Gasteiger partial charge is 0.295 e. The predicted octanol–water partition coefficient (Wildman–Crippen LogP) is 4.46. The summed E-state index contributed by atoms with van der Waals surface area (Å²) < 4.78 is 2.50. The fourth-order valence-corrected chi connectivity index (χ4v) is 3.81. The van der Waals surface area contributed by atoms with E-state index in [1.54, 1.807) is 6.08 Å². The Morgan fingerprint density at radius 2 is 1.93 bits per heavy atom. The Labute approximate surface area is 159 Å². The highest BCUT2D eigenvalue weighted by atomic mass is 32.1. The summed E-state index contributed by atoms with van der Waals surface area (Å²) in [6.45, 7) is 3.82. The van der Waals surface area contributed by atoms with Gasteiger partial charge in [-0.3, -0.25) is 9.89 Å². The molecule has 0 unspecified atom stereocenters. The van der Waals surface area contributed by atoms with Gasteiger partial charge in [0.1, 0.15) is 11.1 Å². The number of nitrogens with zero attached hydrogens (tertiary/aromatic N) is 3. The third kappa shape index (κ3) is 3.09. The molecule has 0 atom stereocenters. The summed E-state index contributed by atoms with van der Waals surface area (Å²) in [4.78, 5) is 17.4. The van der Waals surface area contributed by atoms with Gasteiger partial charge in [0, 0.05) is 5.69 Å². The van der Waals surface area contributed by atoms with Gasteiger partial charge in [0.15, 0.2) is 0 Å². The molecule has 4 rings (SSSR count). The molecule has 2 aromatic heterocycles. The predicted molar refractivity (Wildman–Crippen MR) is 109 cm³/mol. The quantitative estimate of drug-likeness (QED) is 0.540. The zero-order valence-corrected chi connectivity index (χ0v) is 15.7. The Morgan fingerprint density at radius 1 is 1.19 bits per heavy atom. The molecule has 132 valence electrons. The molecule has 0 bridgehead atoms. The second kappa shape index (κ2) is 6.71. The third-order valence-corrected chi connectivity index (χ3v) is 5.41. The maximum absolute atomic E-state index is 12.9. The third-order valence-electron chi connectivity index (χ3n) is 4.34. The van der Waals surface area contributed by atoms with Crippen molar-refractivity contribution in [1.82, 2.24) is 14.8 Å². The molecule has 2 aromatic carbocycles. The SMILES string of the molecule is Cc1ccc(-n2[nH]c(C)c(C=C(C#N)c3nc4ccccc4s3)c2=O)cc1. The Bertz CT molecular complexity index is 1230. The second-order valence-corrected chi connectivity index (χ2v) is 7.31. The summed E-state index contributed by atoms with van der Waals surface area (Å²) in [7, 11) is 0. The van der Waals surface area contributed by atoms with E-state index in [1.165, 1.54) is 16.0 Å². The maximum atomic E-state index is 12.9. The van der Waals surface area contributed by atoms with E-state index in [2.05, 4.69) is 16.2 Å². The van der Waals surface area contributed by atoms with Crippen LogP contribution in [0.15, 0.2) is 53.3 Å². The molecule has 5 nitrogen and oxygen atoms in total. The first kappa shape index (κ1) is 17.0. The highest BCUT2D eigenvalue weighted by Crippen LogP contribution is 2.28. The summed E-state index contributed by atoms with van der Waals surface area (Å²) in [6, 6.07) is 17.6. The van der Waals surface area contributed by atoms with Crippen molar-refractivity contribution in [2.45, 2.75) is 13.8 Å². The van der Waals surface area contributed by atoms with Crippen LogP contribution in [0.1, 0.15) is 21.8 Å². The lowest BCUT2D eigenvalue weighted by molar-refractivity contribution is 0.835. The van der Waals surface area contributed by atoms with Gasteiger partial charge in [-0.1, -0.05) is 29.8 Å². The van der Waals surface area contributed by atoms with Gasteiger partial charge in [-0.15, -0.1) is 11.3 Å². The van der Waals surface area contributed by atoms with Gasteiger partial charge in [0.25, 0.3) is 5.56 Å². The standard InChI is InChI=1S/C21H16N4OS/c1-13-7-9-16(10-8-13)25-21(26)17(14(2)24-25)11-15(12-22)20-23-18-5-3-4-6-19(18)27-20/h3-11,24H,1-2H3. The average Bonchev–Trinajstić information content (AvgIpc) is 3.22. The topological polar surface area (TPSA) is 74.5 Å². The van der Waals surface area contributed by atoms with E-state index in [-0.39, 0.29) is 5.56 Å². The van der Waals surface area contributed by atoms with Crippen molar-refractivity contribution in [1.29, 1.82) is 5.26 Å². The molecule has 0 radical (unpaired) electrons. The number of fused-ring (bicyclic) bond motifs is 1. The first-order valence-electron chi connectivity index (χ1n) is 8.43. The number of hydrogen-bond donors (Lipinski definition) is 1. The van der Waals surface area contributed by atoms with E-state index in [9.17, 15) is 10.1 Å². The highest BCUT2D eigenvalue weighted by Gasteiger charge is 2.14. The summed E-state index contributed by atoms with van der Waals surface area (Å²) >= 11 is 1.44. The molecule has 0 aliphatic heterocycles. The van der Waals surface area contributed by atoms with Crippen LogP contribution in [0.4, 0.5) is 0 Å². The van der Waals surface area contributed by atoms with Crippen molar-refractivity contribution in [2.75, 3.05) is 0 Å². The normalized spacial score (nSPS) is 11.7. The van der Waals surface area contributed by atoms with Gasteiger partial charge in [0.05, 0.1) is 27.0 Å². The van der Waals surface area contributed by atoms with Crippen LogP contribution in [0.3, 0.4) is 0 Å². The smallest absolute Gasteiger partial charge is 0.278 e. The van der Waals surface area contributed by atoms with Gasteiger partial charge in [-0.25, -0.2) is 9.67 Å². The molecule has 0 fully saturated rings. The van der Waals surface area contributed by atoms with Gasteiger partial charge in [0.2, 0.25) is 0 Å². The molecule has 4 aromatic rings. The van der Waals surface area contributed by atoms with Gasteiger partial charge < -0.3 is 0 Å². The molecule has 0 spiro atoms. The molecule has 6 heteroatoms. The van der Waals surface area contributed by atoms with Crippen LogP contribution in [-0.2, 0) is 0 Å². The van der Waals surface area contributed by atoms with Crippen LogP contribution in [0, 0.1) is 25.2 Å². The number of hydrogen-bond acceptors (Lipinski definition) is 4. The molecule has 2 heterocycles. The molecule has 0 saturated heterocycles. The van der Waals surface area contributed by atoms with Crippen LogP contribution in [0.2, 0.25) is 0 Å². The number of nitrogens with one attached hydrogen (secondary N) is 1. The molecular formula is C21H16N4OS. The minimum absolute atomic E-state index is 0.190. The maximum Gasteiger partial charge on any atom is 0.278 e. The van der Waals surface area contributed by atoms with Crippen molar-refractivity contribution < 1.29 is 0 Å². The number of benzene rings is 2. The van der Waals surface area contributed by atoms with E-state index in [0.29, 0.717) is 21.8 Å². The number of rotatable bonds is 3. The van der Waals surface area contributed by atoms with Gasteiger partial charge >= 0.3 is 0 Å². The highest BCUT2D eigenvalue weighted by molar-refractivity contribution is 7.19. The molecule has 0 aliphatic rings. The summed E-state index contributed by atoms with van der Waals surface area (Å²) in [5.74, 6) is 0. The van der Waals surface area contributed by atoms with Crippen LogP contribution in [-0.4, -0.2) is 14.8 Å². The number of aromatic amines is 1. The van der Waals surface area contributed by atoms with Gasteiger partial charge in [-0.05, 0) is 44.2 Å². The minimum atomic E-state index is -0.190. The zero-order valence-electron chi connectivity index (χ0n) is 14.9. The molecule has 27 heavy (non-hydrogen) atoms. The van der Waals surface area contributed by atoms with Crippen LogP contribution in [0.5, 0.6) is 0 Å². The average molecular weight is 372 g/mol. The second-order valence-electron chi connectivity index (χ2n) is 6.28. The Morgan fingerprint density at radius 3 is 2.63 bits per heavy atom. The molecule has 0 aliphatic carbocycles. The summed E-state index contributed by atoms with van der Waals surface area (Å²) in [5, 5.41) is 13.3. The number of nitriles is 1. The number of allylic oxidation sites excluding steroid dienone is 1. The molecule has 1 N–H and O–H groups in total. The van der Waals surface area contributed by atoms with Crippen molar-refractivity contribution in [3.05, 3.63) is 80.7 Å². The Hall–Kier alpha value is -3.43. The summed E-state index contributed by atoms with van der Waals surface area (Å²) in [5.41, 5.74) is 4.09. The monoisotopic (exact) mass is 372 g/mol. The Kier molecular flexibility index (Phi) is 4.22. The van der Waals surface area contributed by atoms with E-state index < -0.39 is 0 Å². The zero-order chi connectivity index (χ0) is 19.0. The molecule has 0 amide bonds. The first-order chi connectivity index (χ1) is 13.1. The lowest BCUT2D eigenvalue weighted by Crippen LogP contribution is -2.15. The van der Waals surface area contributed by atoms with Crippen molar-refractivity contribution in [2.24, 2.45) is 0 Å². The lowest BCUT2D eigenvalue weighted by atomic mass is 10.1. The van der Waals surface area contributed by atoms with Crippen molar-refractivity contribution in [3.8, 4) is 11.8 Å². The van der Waals surface area contributed by atoms with E-state index >= 15 is 0 Å². The van der Waals surface area contributed by atoms with E-state index in [1.807, 2.05) is 62.4 Å². The first-order valence-corrected chi connectivity index (χ1v) is 9.25. The van der Waals surface area contributed by atoms with Crippen LogP contribution >= 0.6 is 11.3 Å². The number of thiazole rings is 1. The van der Waals surface area contributed by atoms with E-state index in [0.717, 1.165) is 21.5 Å². The van der Waals surface area contributed by atoms with E-state index in [4.69, 9.17) is 0 Å². The molecular weight excluding hydrogens is 356 g/mol. The van der Waals surface area contributed by atoms with Crippen molar-refractivity contribution >= 4 is 33.2 Å².